The summed E-state index contributed by atoms with van der Waals surface area (Å²) in [5, 5.41) is 3.84. The predicted molar refractivity (Wildman–Crippen MR) is 103 cm³/mol. The molecule has 1 N–H and O–H groups in total. The number of nitrogens with zero attached hydrogens (tertiary/aromatic N) is 1. The van der Waals surface area contributed by atoms with Gasteiger partial charge in [-0.3, -0.25) is 9.78 Å². The molecule has 0 aliphatic heterocycles. The van der Waals surface area contributed by atoms with E-state index in [1.54, 1.807) is 12.3 Å². The highest BCUT2D eigenvalue weighted by atomic mass is 16.5. The first-order valence-electron chi connectivity index (χ1n) is 8.27. The van der Waals surface area contributed by atoms with Gasteiger partial charge in [-0.15, -0.1) is 0 Å². The average molecular weight is 340 g/mol. The van der Waals surface area contributed by atoms with Gasteiger partial charge in [-0.2, -0.15) is 0 Å². The van der Waals surface area contributed by atoms with E-state index in [1.807, 2.05) is 78.9 Å². The van der Waals surface area contributed by atoms with Crippen LogP contribution in [-0.4, -0.2) is 10.9 Å². The Hall–Kier alpha value is -3.66. The minimum atomic E-state index is -0.160. The van der Waals surface area contributed by atoms with Crippen LogP contribution in [0.1, 0.15) is 10.4 Å². The molecule has 0 saturated heterocycles. The summed E-state index contributed by atoms with van der Waals surface area (Å²) in [6, 6.07) is 26.1. The number of amides is 1. The minimum absolute atomic E-state index is 0.160. The monoisotopic (exact) mass is 340 g/mol. The molecule has 126 valence electrons. The quantitative estimate of drug-likeness (QED) is 0.550. The van der Waals surface area contributed by atoms with Crippen molar-refractivity contribution in [3.8, 4) is 11.5 Å². The molecule has 0 aliphatic rings. The lowest BCUT2D eigenvalue weighted by atomic mass is 10.1. The molecule has 0 spiro atoms. The maximum atomic E-state index is 12.5. The van der Waals surface area contributed by atoms with Crippen molar-refractivity contribution in [2.75, 3.05) is 5.32 Å². The maximum Gasteiger partial charge on any atom is 0.255 e. The molecule has 1 aromatic heterocycles. The molecule has 0 unspecified atom stereocenters. The Morgan fingerprint density at radius 2 is 1.58 bits per heavy atom. The summed E-state index contributed by atoms with van der Waals surface area (Å²) in [4.78, 5) is 16.7. The van der Waals surface area contributed by atoms with Gasteiger partial charge in [-0.05, 0) is 60.7 Å². The third kappa shape index (κ3) is 3.54. The molecule has 0 atom stereocenters. The summed E-state index contributed by atoms with van der Waals surface area (Å²) >= 11 is 0. The smallest absolute Gasteiger partial charge is 0.255 e. The zero-order valence-corrected chi connectivity index (χ0v) is 13.9. The molecular formula is C22H16N2O2. The number of hydrogen-bond donors (Lipinski definition) is 1. The molecule has 26 heavy (non-hydrogen) atoms. The molecule has 1 heterocycles. The average Bonchev–Trinajstić information content (AvgIpc) is 2.70. The number of carbonyl (C=O) groups is 1. The molecule has 1 amide bonds. The summed E-state index contributed by atoms with van der Waals surface area (Å²) in [6.45, 7) is 0. The SMILES string of the molecule is O=C(Nc1ccc(Oc2ccccc2)cc1)c1ccc2ncccc2c1. The number of nitrogens with one attached hydrogen (secondary N) is 1. The van der Waals surface area contributed by atoms with Crippen LogP contribution in [0.5, 0.6) is 11.5 Å². The number of para-hydroxylation sites is 1. The lowest BCUT2D eigenvalue weighted by Crippen LogP contribution is -2.11. The van der Waals surface area contributed by atoms with Crippen LogP contribution in [0.25, 0.3) is 10.9 Å². The second kappa shape index (κ2) is 7.07. The molecule has 0 bridgehead atoms. The summed E-state index contributed by atoms with van der Waals surface area (Å²) in [5.41, 5.74) is 2.17. The van der Waals surface area contributed by atoms with E-state index in [4.69, 9.17) is 4.74 Å². The van der Waals surface area contributed by atoms with Crippen molar-refractivity contribution in [3.05, 3.63) is 96.7 Å². The van der Waals surface area contributed by atoms with E-state index in [0.29, 0.717) is 17.0 Å². The molecule has 0 radical (unpaired) electrons. The van der Waals surface area contributed by atoms with Crippen LogP contribution in [0.2, 0.25) is 0 Å². The number of benzene rings is 3. The number of ether oxygens (including phenoxy) is 1. The van der Waals surface area contributed by atoms with Gasteiger partial charge in [0.2, 0.25) is 0 Å². The second-order valence-electron chi connectivity index (χ2n) is 5.80. The van der Waals surface area contributed by atoms with E-state index in [-0.39, 0.29) is 5.91 Å². The summed E-state index contributed by atoms with van der Waals surface area (Å²) < 4.78 is 5.75. The first-order valence-corrected chi connectivity index (χ1v) is 8.27. The van der Waals surface area contributed by atoms with Gasteiger partial charge in [0.15, 0.2) is 0 Å². The Morgan fingerprint density at radius 1 is 0.808 bits per heavy atom. The van der Waals surface area contributed by atoms with Crippen molar-refractivity contribution in [1.29, 1.82) is 0 Å². The number of carbonyl (C=O) groups excluding carboxylic acids is 1. The summed E-state index contributed by atoms with van der Waals surface area (Å²) in [7, 11) is 0. The van der Waals surface area contributed by atoms with E-state index in [1.165, 1.54) is 0 Å². The normalized spacial score (nSPS) is 10.5. The first kappa shape index (κ1) is 15.8. The Labute approximate surface area is 151 Å². The fraction of sp³-hybridized carbons (Fsp3) is 0. The molecule has 0 aliphatic carbocycles. The molecule has 4 heteroatoms. The summed E-state index contributed by atoms with van der Waals surface area (Å²) in [6.07, 6.45) is 1.74. The zero-order valence-electron chi connectivity index (χ0n) is 13.9. The van der Waals surface area contributed by atoms with Gasteiger partial charge in [0.05, 0.1) is 5.52 Å². The van der Waals surface area contributed by atoms with Gasteiger partial charge < -0.3 is 10.1 Å². The third-order valence-corrected chi connectivity index (χ3v) is 3.96. The number of pyridine rings is 1. The van der Waals surface area contributed by atoms with Gasteiger partial charge in [0.1, 0.15) is 11.5 Å². The van der Waals surface area contributed by atoms with Crippen molar-refractivity contribution in [1.82, 2.24) is 4.98 Å². The first-order chi connectivity index (χ1) is 12.8. The largest absolute Gasteiger partial charge is 0.457 e. The molecular weight excluding hydrogens is 324 g/mol. The van der Waals surface area contributed by atoms with E-state index in [9.17, 15) is 4.79 Å². The predicted octanol–water partition coefficient (Wildman–Crippen LogP) is 5.28. The van der Waals surface area contributed by atoms with Crippen LogP contribution >= 0.6 is 0 Å². The number of fused-ring (bicyclic) bond motifs is 1. The lowest BCUT2D eigenvalue weighted by Gasteiger charge is -2.08. The molecule has 0 saturated carbocycles. The van der Waals surface area contributed by atoms with Gasteiger partial charge in [0.25, 0.3) is 5.91 Å². The highest BCUT2D eigenvalue weighted by Crippen LogP contribution is 2.23. The van der Waals surface area contributed by atoms with Crippen molar-refractivity contribution in [3.63, 3.8) is 0 Å². The van der Waals surface area contributed by atoms with Crippen molar-refractivity contribution in [2.24, 2.45) is 0 Å². The van der Waals surface area contributed by atoms with Crippen molar-refractivity contribution >= 4 is 22.5 Å². The van der Waals surface area contributed by atoms with Crippen molar-refractivity contribution < 1.29 is 9.53 Å². The van der Waals surface area contributed by atoms with Crippen LogP contribution < -0.4 is 10.1 Å². The molecule has 4 aromatic rings. The van der Waals surface area contributed by atoms with Crippen LogP contribution in [0.3, 0.4) is 0 Å². The van der Waals surface area contributed by atoms with E-state index < -0.39 is 0 Å². The molecule has 3 aromatic carbocycles. The van der Waals surface area contributed by atoms with Crippen LogP contribution in [0.4, 0.5) is 5.69 Å². The standard InChI is InChI=1S/C22H16N2O2/c25-22(17-8-13-21-16(15-17)5-4-14-23-21)24-18-9-11-20(12-10-18)26-19-6-2-1-3-7-19/h1-15H,(H,24,25). The van der Waals surface area contributed by atoms with Crippen LogP contribution in [0, 0.1) is 0 Å². The van der Waals surface area contributed by atoms with Crippen LogP contribution in [0.15, 0.2) is 91.1 Å². The highest BCUT2D eigenvalue weighted by Gasteiger charge is 2.07. The van der Waals surface area contributed by atoms with Crippen LogP contribution in [-0.2, 0) is 0 Å². The van der Waals surface area contributed by atoms with E-state index in [0.717, 1.165) is 16.7 Å². The summed E-state index contributed by atoms with van der Waals surface area (Å²) in [5.74, 6) is 1.33. The van der Waals surface area contributed by atoms with E-state index in [2.05, 4.69) is 10.3 Å². The highest BCUT2D eigenvalue weighted by molar-refractivity contribution is 6.06. The molecule has 4 nitrogen and oxygen atoms in total. The molecule has 4 rings (SSSR count). The second-order valence-corrected chi connectivity index (χ2v) is 5.80. The van der Waals surface area contributed by atoms with Crippen molar-refractivity contribution in [2.45, 2.75) is 0 Å². The van der Waals surface area contributed by atoms with Gasteiger partial charge in [-0.25, -0.2) is 0 Å². The Bertz CT molecular complexity index is 1040. The molecule has 0 fully saturated rings. The van der Waals surface area contributed by atoms with Gasteiger partial charge in [0, 0.05) is 22.8 Å². The number of aromatic nitrogens is 1. The van der Waals surface area contributed by atoms with Gasteiger partial charge >= 0.3 is 0 Å². The Morgan fingerprint density at radius 3 is 2.38 bits per heavy atom. The van der Waals surface area contributed by atoms with E-state index >= 15 is 0 Å². The topological polar surface area (TPSA) is 51.2 Å². The maximum absolute atomic E-state index is 12.5. The Balaban J connectivity index is 1.46. The fourth-order valence-corrected chi connectivity index (χ4v) is 2.65. The third-order valence-electron chi connectivity index (χ3n) is 3.96. The number of hydrogen-bond acceptors (Lipinski definition) is 3. The number of anilines is 1. The number of rotatable bonds is 4. The van der Waals surface area contributed by atoms with Gasteiger partial charge in [-0.1, -0.05) is 24.3 Å². The Kier molecular flexibility index (Phi) is 4.31. The zero-order chi connectivity index (χ0) is 17.8. The lowest BCUT2D eigenvalue weighted by molar-refractivity contribution is 0.102. The minimum Gasteiger partial charge on any atom is -0.457 e. The fourth-order valence-electron chi connectivity index (χ4n) is 2.65.